The molecule has 0 atom stereocenters. The van der Waals surface area contributed by atoms with E-state index in [0.717, 1.165) is 0 Å². The van der Waals surface area contributed by atoms with E-state index in [4.69, 9.17) is 23.2 Å². The Morgan fingerprint density at radius 1 is 0.968 bits per heavy atom. The quantitative estimate of drug-likeness (QED) is 0.471. The summed E-state index contributed by atoms with van der Waals surface area (Å²) in [6, 6.07) is 13.7. The van der Waals surface area contributed by atoms with Gasteiger partial charge in [0, 0.05) is 5.56 Å². The van der Waals surface area contributed by atoms with E-state index in [1.165, 1.54) is 27.6 Å². The van der Waals surface area contributed by atoms with Gasteiger partial charge in [0.1, 0.15) is 0 Å². The van der Waals surface area contributed by atoms with Crippen LogP contribution in [0.1, 0.15) is 10.4 Å². The lowest BCUT2D eigenvalue weighted by Gasteiger charge is -2.14. The number of amides is 1. The fourth-order valence-corrected chi connectivity index (χ4v) is 3.02. The number of aromatic nitrogens is 2. The predicted molar refractivity (Wildman–Crippen MR) is 111 cm³/mol. The molecule has 31 heavy (non-hydrogen) atoms. The Morgan fingerprint density at radius 2 is 1.71 bits per heavy atom. The standard InChI is InChI=1S/C22H19N3O6/c1-27-17-11-13(12-18(28-2)19(17)29-3)21(26)23-15-8-5-4-7-14(15)22-24-20(25-31-22)16-9-6-10-30-16/h4-12H,1-3H3,(H,23,26). The lowest BCUT2D eigenvalue weighted by atomic mass is 10.1. The normalized spacial score (nSPS) is 10.5. The highest BCUT2D eigenvalue weighted by Gasteiger charge is 2.20. The molecule has 0 saturated heterocycles. The first-order chi connectivity index (χ1) is 15.1. The Balaban J connectivity index is 1.65. The third-order valence-corrected chi connectivity index (χ3v) is 4.50. The van der Waals surface area contributed by atoms with Crippen molar-refractivity contribution in [1.82, 2.24) is 10.1 Å². The summed E-state index contributed by atoms with van der Waals surface area (Å²) in [6.45, 7) is 0. The van der Waals surface area contributed by atoms with Gasteiger partial charge in [0.15, 0.2) is 17.3 Å². The molecule has 4 aromatic rings. The Bertz CT molecular complexity index is 1170. The van der Waals surface area contributed by atoms with Gasteiger partial charge in [0.05, 0.1) is 38.8 Å². The van der Waals surface area contributed by atoms with Gasteiger partial charge in [-0.3, -0.25) is 4.79 Å². The molecule has 1 N–H and O–H groups in total. The fraction of sp³-hybridized carbons (Fsp3) is 0.136. The Hall–Kier alpha value is -4.27. The number of para-hydroxylation sites is 1. The summed E-state index contributed by atoms with van der Waals surface area (Å²) in [5.41, 5.74) is 1.38. The third kappa shape index (κ3) is 3.93. The van der Waals surface area contributed by atoms with E-state index in [9.17, 15) is 4.79 Å². The molecule has 0 spiro atoms. The summed E-state index contributed by atoms with van der Waals surface area (Å²) < 4.78 is 26.6. The number of hydrogen-bond donors (Lipinski definition) is 1. The molecule has 2 aromatic heterocycles. The third-order valence-electron chi connectivity index (χ3n) is 4.50. The van der Waals surface area contributed by atoms with Crippen molar-refractivity contribution < 1.29 is 27.9 Å². The molecule has 0 radical (unpaired) electrons. The number of carbonyl (C=O) groups is 1. The van der Waals surface area contributed by atoms with Crippen LogP contribution in [0.2, 0.25) is 0 Å². The minimum absolute atomic E-state index is 0.243. The Kier molecular flexibility index (Phi) is 5.57. The van der Waals surface area contributed by atoms with Gasteiger partial charge in [-0.25, -0.2) is 0 Å². The smallest absolute Gasteiger partial charge is 0.260 e. The summed E-state index contributed by atoms with van der Waals surface area (Å²) in [5.74, 6) is 1.81. The van der Waals surface area contributed by atoms with Crippen molar-refractivity contribution in [3.8, 4) is 40.3 Å². The molecular formula is C22H19N3O6. The van der Waals surface area contributed by atoms with Gasteiger partial charge < -0.3 is 28.5 Å². The van der Waals surface area contributed by atoms with Crippen LogP contribution in [0.5, 0.6) is 17.2 Å². The van der Waals surface area contributed by atoms with Gasteiger partial charge in [-0.15, -0.1) is 0 Å². The van der Waals surface area contributed by atoms with E-state index in [0.29, 0.717) is 45.6 Å². The molecule has 0 unspecified atom stereocenters. The van der Waals surface area contributed by atoms with Gasteiger partial charge in [-0.2, -0.15) is 4.98 Å². The number of ether oxygens (including phenoxy) is 3. The number of nitrogens with zero attached hydrogens (tertiary/aromatic N) is 2. The average Bonchev–Trinajstić information content (AvgIpc) is 3.50. The highest BCUT2D eigenvalue weighted by atomic mass is 16.5. The number of carbonyl (C=O) groups excluding carboxylic acids is 1. The number of hydrogen-bond acceptors (Lipinski definition) is 8. The zero-order chi connectivity index (χ0) is 21.8. The zero-order valence-corrected chi connectivity index (χ0v) is 17.0. The van der Waals surface area contributed by atoms with Gasteiger partial charge in [0.25, 0.3) is 11.8 Å². The summed E-state index contributed by atoms with van der Waals surface area (Å²) >= 11 is 0. The van der Waals surface area contributed by atoms with Crippen molar-refractivity contribution in [1.29, 1.82) is 0 Å². The van der Waals surface area contributed by atoms with Crippen molar-refractivity contribution in [3.05, 3.63) is 60.4 Å². The van der Waals surface area contributed by atoms with Crippen molar-refractivity contribution in [2.45, 2.75) is 0 Å². The van der Waals surface area contributed by atoms with Gasteiger partial charge in [-0.1, -0.05) is 17.3 Å². The van der Waals surface area contributed by atoms with Crippen LogP contribution in [-0.4, -0.2) is 37.4 Å². The van der Waals surface area contributed by atoms with Crippen LogP contribution in [0.3, 0.4) is 0 Å². The minimum atomic E-state index is -0.377. The second-order valence-electron chi connectivity index (χ2n) is 6.31. The molecule has 0 fully saturated rings. The molecule has 4 rings (SSSR count). The molecule has 0 bridgehead atoms. The average molecular weight is 421 g/mol. The van der Waals surface area contributed by atoms with E-state index in [1.807, 2.05) is 0 Å². The molecule has 0 aliphatic carbocycles. The van der Waals surface area contributed by atoms with Crippen LogP contribution in [0.15, 0.2) is 63.7 Å². The van der Waals surface area contributed by atoms with Crippen LogP contribution in [0, 0.1) is 0 Å². The molecule has 0 saturated carbocycles. The van der Waals surface area contributed by atoms with E-state index in [-0.39, 0.29) is 11.8 Å². The molecule has 1 amide bonds. The monoisotopic (exact) mass is 421 g/mol. The summed E-state index contributed by atoms with van der Waals surface area (Å²) in [7, 11) is 4.47. The molecule has 2 aromatic carbocycles. The number of methoxy groups -OCH3 is 3. The SMILES string of the molecule is COc1cc(C(=O)Nc2ccccc2-c2nc(-c3ccco3)no2)cc(OC)c1OC. The van der Waals surface area contributed by atoms with E-state index in [1.54, 1.807) is 48.5 Å². The fourth-order valence-electron chi connectivity index (χ4n) is 3.02. The number of benzene rings is 2. The maximum absolute atomic E-state index is 13.0. The lowest BCUT2D eigenvalue weighted by molar-refractivity contribution is 0.102. The molecule has 0 aliphatic rings. The van der Waals surface area contributed by atoms with Crippen molar-refractivity contribution in [2.75, 3.05) is 26.6 Å². The first-order valence-corrected chi connectivity index (χ1v) is 9.23. The molecule has 158 valence electrons. The molecule has 9 heteroatoms. The van der Waals surface area contributed by atoms with Gasteiger partial charge >= 0.3 is 0 Å². The maximum atomic E-state index is 13.0. The minimum Gasteiger partial charge on any atom is -0.493 e. The Labute approximate surface area is 177 Å². The van der Waals surface area contributed by atoms with E-state index in [2.05, 4.69) is 15.5 Å². The number of nitrogens with one attached hydrogen (secondary N) is 1. The maximum Gasteiger partial charge on any atom is 0.260 e. The molecule has 2 heterocycles. The van der Waals surface area contributed by atoms with E-state index >= 15 is 0 Å². The summed E-state index contributed by atoms with van der Waals surface area (Å²) in [4.78, 5) is 17.3. The van der Waals surface area contributed by atoms with Crippen LogP contribution in [-0.2, 0) is 0 Å². The molecule has 0 aliphatic heterocycles. The van der Waals surface area contributed by atoms with Crippen molar-refractivity contribution in [3.63, 3.8) is 0 Å². The van der Waals surface area contributed by atoms with Crippen molar-refractivity contribution >= 4 is 11.6 Å². The second-order valence-corrected chi connectivity index (χ2v) is 6.31. The zero-order valence-electron chi connectivity index (χ0n) is 17.0. The number of anilines is 1. The van der Waals surface area contributed by atoms with Crippen LogP contribution in [0.4, 0.5) is 5.69 Å². The van der Waals surface area contributed by atoms with Crippen LogP contribution >= 0.6 is 0 Å². The van der Waals surface area contributed by atoms with Gasteiger partial charge in [-0.05, 0) is 36.4 Å². The number of rotatable bonds is 7. The van der Waals surface area contributed by atoms with Crippen LogP contribution < -0.4 is 19.5 Å². The number of furan rings is 1. The largest absolute Gasteiger partial charge is 0.493 e. The summed E-state index contributed by atoms with van der Waals surface area (Å²) in [6.07, 6.45) is 1.52. The van der Waals surface area contributed by atoms with E-state index < -0.39 is 0 Å². The highest BCUT2D eigenvalue weighted by molar-refractivity contribution is 6.06. The van der Waals surface area contributed by atoms with Crippen molar-refractivity contribution in [2.24, 2.45) is 0 Å². The topological polar surface area (TPSA) is 109 Å². The first kappa shape index (κ1) is 20.0. The van der Waals surface area contributed by atoms with Crippen LogP contribution in [0.25, 0.3) is 23.0 Å². The first-order valence-electron chi connectivity index (χ1n) is 9.23. The van der Waals surface area contributed by atoms with Gasteiger partial charge in [0.2, 0.25) is 11.6 Å². The predicted octanol–water partition coefficient (Wildman–Crippen LogP) is 4.27. The summed E-state index contributed by atoms with van der Waals surface area (Å²) in [5, 5.41) is 6.81. The highest BCUT2D eigenvalue weighted by Crippen LogP contribution is 2.38. The lowest BCUT2D eigenvalue weighted by Crippen LogP contribution is -2.13. The molecular weight excluding hydrogens is 402 g/mol. The Morgan fingerprint density at radius 3 is 2.35 bits per heavy atom. The molecule has 9 nitrogen and oxygen atoms in total. The second kappa shape index (κ2) is 8.62.